The van der Waals surface area contributed by atoms with Crippen LogP contribution in [0.5, 0.6) is 0 Å². The Hall–Kier alpha value is -2.01. The number of hydrogen-bond donors (Lipinski definition) is 1. The fraction of sp³-hybridized carbons (Fsp3) is 0.421. The van der Waals surface area contributed by atoms with Gasteiger partial charge in [-0.2, -0.15) is 0 Å². The fourth-order valence-electron chi connectivity index (χ4n) is 3.18. The number of aryl methyl sites for hydroxylation is 1. The quantitative estimate of drug-likeness (QED) is 0.814. The van der Waals surface area contributed by atoms with Crippen molar-refractivity contribution < 1.29 is 9.59 Å². The molecule has 1 heterocycles. The number of thiazole rings is 1. The number of amides is 1. The maximum Gasteiger partial charge on any atom is 0.257 e. The van der Waals surface area contributed by atoms with E-state index in [0.29, 0.717) is 16.3 Å². The number of aromatic nitrogens is 1. The van der Waals surface area contributed by atoms with Crippen molar-refractivity contribution >= 4 is 28.2 Å². The van der Waals surface area contributed by atoms with Gasteiger partial charge >= 0.3 is 0 Å². The van der Waals surface area contributed by atoms with Gasteiger partial charge in [0.05, 0.1) is 5.69 Å². The summed E-state index contributed by atoms with van der Waals surface area (Å²) < 4.78 is 0. The topological polar surface area (TPSA) is 59.1 Å². The molecule has 1 aromatic heterocycles. The van der Waals surface area contributed by atoms with Crippen LogP contribution in [0.1, 0.15) is 64.4 Å². The van der Waals surface area contributed by atoms with Gasteiger partial charge in [0.15, 0.2) is 10.9 Å². The molecule has 0 fully saturated rings. The molecule has 126 valence electrons. The lowest BCUT2D eigenvalue weighted by atomic mass is 9.88. The molecule has 1 aliphatic carbocycles. The molecule has 5 heteroatoms. The van der Waals surface area contributed by atoms with Gasteiger partial charge in [-0.15, -0.1) is 11.3 Å². The van der Waals surface area contributed by atoms with Gasteiger partial charge in [-0.3, -0.25) is 14.9 Å². The Bertz CT molecular complexity index is 749. The summed E-state index contributed by atoms with van der Waals surface area (Å²) in [4.78, 5) is 29.5. The highest BCUT2D eigenvalue weighted by molar-refractivity contribution is 7.15. The van der Waals surface area contributed by atoms with E-state index in [1.54, 1.807) is 35.6 Å². The zero-order valence-electron chi connectivity index (χ0n) is 14.1. The van der Waals surface area contributed by atoms with Crippen LogP contribution in [-0.2, 0) is 12.8 Å². The highest BCUT2D eigenvalue weighted by Crippen LogP contribution is 2.34. The Morgan fingerprint density at radius 1 is 1.25 bits per heavy atom. The summed E-state index contributed by atoms with van der Waals surface area (Å²) in [5.74, 6) is 0.572. The van der Waals surface area contributed by atoms with Gasteiger partial charge in [0.1, 0.15) is 0 Å². The second-order valence-corrected chi connectivity index (χ2v) is 7.46. The van der Waals surface area contributed by atoms with Gasteiger partial charge in [0.2, 0.25) is 0 Å². The molecule has 0 aliphatic heterocycles. The lowest BCUT2D eigenvalue weighted by Gasteiger charge is -2.19. The molecule has 1 atom stereocenters. The summed E-state index contributed by atoms with van der Waals surface area (Å²) in [6.07, 6.45) is 5.79. The van der Waals surface area contributed by atoms with Crippen LogP contribution in [0.4, 0.5) is 5.13 Å². The Morgan fingerprint density at radius 2 is 1.96 bits per heavy atom. The highest BCUT2D eigenvalue weighted by Gasteiger charge is 2.22. The number of rotatable bonds is 5. The van der Waals surface area contributed by atoms with Gasteiger partial charge in [-0.25, -0.2) is 4.98 Å². The van der Waals surface area contributed by atoms with E-state index in [1.807, 2.05) is 0 Å². The molecule has 0 saturated heterocycles. The number of Topliss-reactive ketones (excluding diaryl/α,β-unsaturated/α-hetero) is 1. The van der Waals surface area contributed by atoms with Crippen molar-refractivity contribution in [2.45, 2.75) is 46.0 Å². The number of nitrogens with zero attached hydrogens (tertiary/aromatic N) is 1. The molecule has 24 heavy (non-hydrogen) atoms. The molecule has 1 unspecified atom stereocenters. The first kappa shape index (κ1) is 16.8. The maximum atomic E-state index is 12.3. The van der Waals surface area contributed by atoms with Crippen molar-refractivity contribution in [2.24, 2.45) is 5.92 Å². The van der Waals surface area contributed by atoms with Crippen LogP contribution >= 0.6 is 11.3 Å². The summed E-state index contributed by atoms with van der Waals surface area (Å²) >= 11 is 1.60. The molecular formula is C19H22N2O2S. The lowest BCUT2D eigenvalue weighted by molar-refractivity contribution is 0.100. The first-order chi connectivity index (χ1) is 11.6. The van der Waals surface area contributed by atoms with E-state index in [9.17, 15) is 9.59 Å². The van der Waals surface area contributed by atoms with Crippen LogP contribution < -0.4 is 5.32 Å². The van der Waals surface area contributed by atoms with Gasteiger partial charge in [-0.1, -0.05) is 31.9 Å². The maximum absolute atomic E-state index is 12.3. The molecule has 0 spiro atoms. The number of benzene rings is 1. The number of ketones is 1. The van der Waals surface area contributed by atoms with Crippen molar-refractivity contribution in [3.05, 3.63) is 46.0 Å². The fourth-order valence-corrected chi connectivity index (χ4v) is 4.29. The molecular weight excluding hydrogens is 320 g/mol. The molecule has 1 amide bonds. The van der Waals surface area contributed by atoms with E-state index in [0.717, 1.165) is 24.5 Å². The average Bonchev–Trinajstić information content (AvgIpc) is 2.96. The molecule has 4 nitrogen and oxygen atoms in total. The zero-order valence-corrected chi connectivity index (χ0v) is 14.9. The van der Waals surface area contributed by atoms with Crippen molar-refractivity contribution in [1.82, 2.24) is 4.98 Å². The predicted molar refractivity (Wildman–Crippen MR) is 96.9 cm³/mol. The second-order valence-electron chi connectivity index (χ2n) is 6.37. The molecule has 0 radical (unpaired) electrons. The molecule has 1 N–H and O–H groups in total. The standard InChI is InChI=1S/C19H22N2O2S/c1-3-4-13-5-10-16-17(11-13)24-19(20-16)21-18(23)15-8-6-14(7-9-15)12(2)22/h6-9,13H,3-5,10-11H2,1-2H3,(H,20,21,23). The lowest BCUT2D eigenvalue weighted by Crippen LogP contribution is -2.13. The number of nitrogens with one attached hydrogen (secondary N) is 1. The normalized spacial score (nSPS) is 16.5. The van der Waals surface area contributed by atoms with E-state index in [1.165, 1.54) is 31.1 Å². The van der Waals surface area contributed by atoms with E-state index in [4.69, 9.17) is 0 Å². The Labute approximate surface area is 146 Å². The Morgan fingerprint density at radius 3 is 2.62 bits per heavy atom. The third-order valence-corrected chi connectivity index (χ3v) is 5.55. The summed E-state index contributed by atoms with van der Waals surface area (Å²) in [7, 11) is 0. The summed E-state index contributed by atoms with van der Waals surface area (Å²) in [6, 6.07) is 6.71. The largest absolute Gasteiger partial charge is 0.298 e. The van der Waals surface area contributed by atoms with Crippen LogP contribution in [0.3, 0.4) is 0 Å². The predicted octanol–water partition coefficient (Wildman–Crippen LogP) is 4.50. The Kier molecular flexibility index (Phi) is 5.09. The van der Waals surface area contributed by atoms with Crippen molar-refractivity contribution in [1.29, 1.82) is 0 Å². The minimum atomic E-state index is -0.179. The number of carbonyl (C=O) groups excluding carboxylic acids is 2. The number of hydrogen-bond acceptors (Lipinski definition) is 4. The molecule has 3 rings (SSSR count). The zero-order chi connectivity index (χ0) is 17.1. The first-order valence-corrected chi connectivity index (χ1v) is 9.29. The average molecular weight is 342 g/mol. The minimum absolute atomic E-state index is 0.00353. The number of carbonyl (C=O) groups is 2. The van der Waals surface area contributed by atoms with Crippen molar-refractivity contribution in [2.75, 3.05) is 5.32 Å². The van der Waals surface area contributed by atoms with E-state index in [2.05, 4.69) is 17.2 Å². The summed E-state index contributed by atoms with van der Waals surface area (Å²) in [5.41, 5.74) is 2.30. The van der Waals surface area contributed by atoms with E-state index < -0.39 is 0 Å². The monoisotopic (exact) mass is 342 g/mol. The molecule has 0 bridgehead atoms. The third-order valence-electron chi connectivity index (χ3n) is 4.51. The van der Waals surface area contributed by atoms with Gasteiger partial charge < -0.3 is 0 Å². The van der Waals surface area contributed by atoms with Gasteiger partial charge in [-0.05, 0) is 44.2 Å². The Balaban J connectivity index is 1.68. The van der Waals surface area contributed by atoms with Crippen LogP contribution in [0.2, 0.25) is 0 Å². The first-order valence-electron chi connectivity index (χ1n) is 8.47. The molecule has 0 saturated carbocycles. The molecule has 1 aliphatic rings. The van der Waals surface area contributed by atoms with Crippen LogP contribution in [0.15, 0.2) is 24.3 Å². The van der Waals surface area contributed by atoms with Crippen molar-refractivity contribution in [3.63, 3.8) is 0 Å². The summed E-state index contributed by atoms with van der Waals surface area (Å²) in [5, 5.41) is 3.57. The van der Waals surface area contributed by atoms with Gasteiger partial charge in [0.25, 0.3) is 5.91 Å². The highest BCUT2D eigenvalue weighted by atomic mass is 32.1. The van der Waals surface area contributed by atoms with Crippen LogP contribution in [-0.4, -0.2) is 16.7 Å². The summed E-state index contributed by atoms with van der Waals surface area (Å²) in [6.45, 7) is 3.74. The molecule has 1 aromatic carbocycles. The smallest absolute Gasteiger partial charge is 0.257 e. The van der Waals surface area contributed by atoms with E-state index >= 15 is 0 Å². The molecule has 2 aromatic rings. The van der Waals surface area contributed by atoms with E-state index in [-0.39, 0.29) is 11.7 Å². The van der Waals surface area contributed by atoms with Crippen LogP contribution in [0.25, 0.3) is 0 Å². The number of anilines is 1. The van der Waals surface area contributed by atoms with Crippen LogP contribution in [0, 0.1) is 5.92 Å². The third kappa shape index (κ3) is 3.73. The van der Waals surface area contributed by atoms with Crippen molar-refractivity contribution in [3.8, 4) is 0 Å². The number of fused-ring (bicyclic) bond motifs is 1. The SMILES string of the molecule is CCCC1CCc2nc(NC(=O)c3ccc(C(C)=O)cc3)sc2C1. The minimum Gasteiger partial charge on any atom is -0.298 e. The van der Waals surface area contributed by atoms with Gasteiger partial charge in [0, 0.05) is 16.0 Å². The second kappa shape index (κ2) is 7.26.